The molecule has 1 aliphatic heterocycles. The zero-order valence-electron chi connectivity index (χ0n) is 11.4. The molecule has 0 aromatic heterocycles. The molecule has 1 aliphatic rings. The Labute approximate surface area is 125 Å². The first-order valence-corrected chi connectivity index (χ1v) is 7.68. The van der Waals surface area contributed by atoms with Crippen molar-refractivity contribution in [3.63, 3.8) is 0 Å². The van der Waals surface area contributed by atoms with Crippen LogP contribution >= 0.6 is 11.8 Å². The lowest BCUT2D eigenvalue weighted by Crippen LogP contribution is -2.43. The second-order valence-electron chi connectivity index (χ2n) is 5.03. The van der Waals surface area contributed by atoms with Gasteiger partial charge in [0.1, 0.15) is 0 Å². The molecule has 1 aromatic carbocycles. The molecular formula is C14H17F3N2OS. The second kappa shape index (κ2) is 6.70. The fourth-order valence-electron chi connectivity index (χ4n) is 2.15. The molecule has 0 bridgehead atoms. The molecule has 0 unspecified atom stereocenters. The Kier molecular flexibility index (Phi) is 5.16. The van der Waals surface area contributed by atoms with Gasteiger partial charge in [-0.1, -0.05) is 6.07 Å². The van der Waals surface area contributed by atoms with Gasteiger partial charge in [0, 0.05) is 24.0 Å². The Morgan fingerprint density at radius 1 is 1.33 bits per heavy atom. The Hall–Kier alpha value is -1.21. The van der Waals surface area contributed by atoms with Crippen molar-refractivity contribution >= 4 is 17.7 Å². The van der Waals surface area contributed by atoms with Gasteiger partial charge in [0.05, 0.1) is 11.3 Å². The van der Waals surface area contributed by atoms with E-state index in [1.165, 1.54) is 6.07 Å². The lowest BCUT2D eigenvalue weighted by Gasteiger charge is -2.30. The number of halogens is 3. The van der Waals surface area contributed by atoms with Gasteiger partial charge in [0.15, 0.2) is 0 Å². The lowest BCUT2D eigenvalue weighted by atomic mass is 10.1. The van der Waals surface area contributed by atoms with Gasteiger partial charge in [-0.15, -0.1) is 11.8 Å². The number of benzene rings is 1. The molecule has 1 amide bonds. The molecule has 116 valence electrons. The van der Waals surface area contributed by atoms with Gasteiger partial charge >= 0.3 is 6.18 Å². The standard InChI is InChI=1S/C14H17F3N2OS/c15-14(16,17)10-2-1-3-12(8-10)21-9-13(20)19-6-4-11(18)5-7-19/h1-3,8,11H,4-7,9,18H2. The van der Waals surface area contributed by atoms with Crippen molar-refractivity contribution in [1.82, 2.24) is 4.90 Å². The quantitative estimate of drug-likeness (QED) is 0.872. The molecule has 1 saturated heterocycles. The molecule has 0 spiro atoms. The average molecular weight is 318 g/mol. The molecule has 2 N–H and O–H groups in total. The van der Waals surface area contributed by atoms with Crippen LogP contribution in [0.5, 0.6) is 0 Å². The van der Waals surface area contributed by atoms with Crippen molar-refractivity contribution in [3.8, 4) is 0 Å². The summed E-state index contributed by atoms with van der Waals surface area (Å²) >= 11 is 1.13. The van der Waals surface area contributed by atoms with Gasteiger partial charge in [-0.3, -0.25) is 4.79 Å². The summed E-state index contributed by atoms with van der Waals surface area (Å²) in [6.45, 7) is 1.26. The molecule has 1 aromatic rings. The predicted octanol–water partition coefficient (Wildman–Crippen LogP) is 2.75. The largest absolute Gasteiger partial charge is 0.416 e. The van der Waals surface area contributed by atoms with Crippen LogP contribution < -0.4 is 5.73 Å². The van der Waals surface area contributed by atoms with Crippen molar-refractivity contribution in [2.75, 3.05) is 18.8 Å². The predicted molar refractivity (Wildman–Crippen MR) is 76.0 cm³/mol. The smallest absolute Gasteiger partial charge is 0.342 e. The van der Waals surface area contributed by atoms with E-state index in [0.29, 0.717) is 18.0 Å². The second-order valence-corrected chi connectivity index (χ2v) is 6.08. The number of thioether (sulfide) groups is 1. The van der Waals surface area contributed by atoms with Crippen LogP contribution in [-0.4, -0.2) is 35.7 Å². The Morgan fingerprint density at radius 2 is 2.00 bits per heavy atom. The van der Waals surface area contributed by atoms with E-state index in [2.05, 4.69) is 0 Å². The summed E-state index contributed by atoms with van der Waals surface area (Å²) in [5.74, 6) is 0.0978. The first kappa shape index (κ1) is 16.2. The first-order chi connectivity index (χ1) is 9.86. The van der Waals surface area contributed by atoms with Gasteiger partial charge in [-0.2, -0.15) is 13.2 Å². The molecule has 3 nitrogen and oxygen atoms in total. The summed E-state index contributed by atoms with van der Waals surface area (Å²) in [5.41, 5.74) is 5.08. The van der Waals surface area contributed by atoms with Gasteiger partial charge in [-0.05, 0) is 31.0 Å². The number of piperidine rings is 1. The number of hydrogen-bond donors (Lipinski definition) is 1. The Balaban J connectivity index is 1.89. The maximum Gasteiger partial charge on any atom is 0.416 e. The number of carbonyl (C=O) groups excluding carboxylic acids is 1. The third-order valence-corrected chi connectivity index (χ3v) is 4.39. The summed E-state index contributed by atoms with van der Waals surface area (Å²) in [4.78, 5) is 14.2. The topological polar surface area (TPSA) is 46.3 Å². The molecular weight excluding hydrogens is 301 g/mol. The van der Waals surface area contributed by atoms with Crippen LogP contribution in [0.2, 0.25) is 0 Å². The van der Waals surface area contributed by atoms with Crippen LogP contribution in [0.25, 0.3) is 0 Å². The zero-order valence-corrected chi connectivity index (χ0v) is 12.2. The van der Waals surface area contributed by atoms with E-state index in [0.717, 1.165) is 36.7 Å². The Bertz CT molecular complexity index is 499. The summed E-state index contributed by atoms with van der Waals surface area (Å²) in [7, 11) is 0. The van der Waals surface area contributed by atoms with E-state index < -0.39 is 11.7 Å². The molecule has 0 aliphatic carbocycles. The fourth-order valence-corrected chi connectivity index (χ4v) is 3.01. The zero-order chi connectivity index (χ0) is 15.5. The Morgan fingerprint density at radius 3 is 2.62 bits per heavy atom. The van der Waals surface area contributed by atoms with E-state index >= 15 is 0 Å². The number of nitrogens with two attached hydrogens (primary N) is 1. The molecule has 2 rings (SSSR count). The van der Waals surface area contributed by atoms with Crippen molar-refractivity contribution in [2.24, 2.45) is 5.73 Å². The van der Waals surface area contributed by atoms with Crippen molar-refractivity contribution in [3.05, 3.63) is 29.8 Å². The van der Waals surface area contributed by atoms with Crippen molar-refractivity contribution in [2.45, 2.75) is 30.0 Å². The molecule has 21 heavy (non-hydrogen) atoms. The van der Waals surface area contributed by atoms with E-state index in [1.807, 2.05) is 0 Å². The van der Waals surface area contributed by atoms with Crippen LogP contribution in [0.15, 0.2) is 29.2 Å². The number of amides is 1. The van der Waals surface area contributed by atoms with E-state index in [1.54, 1.807) is 11.0 Å². The number of likely N-dealkylation sites (tertiary alicyclic amines) is 1. The number of rotatable bonds is 3. The molecule has 0 saturated carbocycles. The number of carbonyl (C=O) groups is 1. The van der Waals surface area contributed by atoms with Crippen molar-refractivity contribution in [1.29, 1.82) is 0 Å². The van der Waals surface area contributed by atoms with E-state index in [-0.39, 0.29) is 17.7 Å². The molecule has 0 atom stereocenters. The van der Waals surface area contributed by atoms with E-state index in [9.17, 15) is 18.0 Å². The summed E-state index contributed by atoms with van der Waals surface area (Å²) in [6.07, 6.45) is -2.80. The monoisotopic (exact) mass is 318 g/mol. The molecule has 1 heterocycles. The summed E-state index contributed by atoms with van der Waals surface area (Å²) in [5, 5.41) is 0. The highest BCUT2D eigenvalue weighted by Gasteiger charge is 2.30. The van der Waals surface area contributed by atoms with Gasteiger partial charge < -0.3 is 10.6 Å². The minimum Gasteiger partial charge on any atom is -0.342 e. The lowest BCUT2D eigenvalue weighted by molar-refractivity contribution is -0.137. The summed E-state index contributed by atoms with van der Waals surface area (Å²) in [6, 6.07) is 5.18. The highest BCUT2D eigenvalue weighted by Crippen LogP contribution is 2.31. The average Bonchev–Trinajstić information content (AvgIpc) is 2.45. The minimum absolute atomic E-state index is 0.0516. The van der Waals surface area contributed by atoms with Crippen LogP contribution in [0.3, 0.4) is 0 Å². The number of nitrogens with zero attached hydrogens (tertiary/aromatic N) is 1. The van der Waals surface area contributed by atoms with Crippen LogP contribution in [0.1, 0.15) is 18.4 Å². The highest BCUT2D eigenvalue weighted by molar-refractivity contribution is 8.00. The van der Waals surface area contributed by atoms with Gasteiger partial charge in [-0.25, -0.2) is 0 Å². The molecule has 0 radical (unpaired) electrons. The third-order valence-electron chi connectivity index (χ3n) is 3.42. The normalized spacial score (nSPS) is 17.0. The van der Waals surface area contributed by atoms with Crippen LogP contribution in [0.4, 0.5) is 13.2 Å². The maximum atomic E-state index is 12.6. The SMILES string of the molecule is NC1CCN(C(=O)CSc2cccc(C(F)(F)F)c2)CC1. The molecule has 7 heteroatoms. The van der Waals surface area contributed by atoms with Crippen LogP contribution in [0, 0.1) is 0 Å². The van der Waals surface area contributed by atoms with E-state index in [4.69, 9.17) is 5.73 Å². The molecule has 1 fully saturated rings. The maximum absolute atomic E-state index is 12.6. The van der Waals surface area contributed by atoms with Gasteiger partial charge in [0.25, 0.3) is 0 Å². The van der Waals surface area contributed by atoms with Crippen LogP contribution in [-0.2, 0) is 11.0 Å². The summed E-state index contributed by atoms with van der Waals surface area (Å²) < 4.78 is 37.8. The number of alkyl halides is 3. The highest BCUT2D eigenvalue weighted by atomic mass is 32.2. The minimum atomic E-state index is -4.36. The van der Waals surface area contributed by atoms with Gasteiger partial charge in [0.2, 0.25) is 5.91 Å². The third kappa shape index (κ3) is 4.64. The number of hydrogen-bond acceptors (Lipinski definition) is 3. The van der Waals surface area contributed by atoms with Crippen molar-refractivity contribution < 1.29 is 18.0 Å². The fraction of sp³-hybridized carbons (Fsp3) is 0.500. The first-order valence-electron chi connectivity index (χ1n) is 6.69.